The van der Waals surface area contributed by atoms with Crippen molar-refractivity contribution in [1.82, 2.24) is 4.90 Å². The minimum atomic E-state index is -1.04. The third kappa shape index (κ3) is 4.94. The Hall–Kier alpha value is -4.51. The van der Waals surface area contributed by atoms with Crippen LogP contribution in [0, 0.1) is 17.1 Å². The standard InChI is InChI=1S/C26H20FN3O4/c27-20-10-6-19(7-11-20)16-29(25(32)17-34-22-4-2-1-3-5-22)23-14-24(31)30(26(23)33)21-12-8-18(15-28)9-13-21/h1-13,23H,14,16-17H2. The van der Waals surface area contributed by atoms with Crippen molar-refractivity contribution in [2.75, 3.05) is 11.5 Å². The number of rotatable bonds is 7. The molecule has 3 aromatic rings. The third-order valence-electron chi connectivity index (χ3n) is 5.45. The Kier molecular flexibility index (Phi) is 6.64. The lowest BCUT2D eigenvalue weighted by Gasteiger charge is -2.28. The SMILES string of the molecule is N#Cc1ccc(N2C(=O)CC(N(Cc3ccc(F)cc3)C(=O)COc3ccccc3)C2=O)cc1. The van der Waals surface area contributed by atoms with Crippen LogP contribution in [0.5, 0.6) is 5.75 Å². The molecule has 0 radical (unpaired) electrons. The van der Waals surface area contributed by atoms with Gasteiger partial charge in [0.15, 0.2) is 6.61 Å². The Morgan fingerprint density at radius 1 is 1.03 bits per heavy atom. The molecule has 0 N–H and O–H groups in total. The van der Waals surface area contributed by atoms with Gasteiger partial charge < -0.3 is 9.64 Å². The number of amides is 3. The van der Waals surface area contributed by atoms with E-state index >= 15 is 0 Å². The van der Waals surface area contributed by atoms with Gasteiger partial charge in [0.1, 0.15) is 17.6 Å². The van der Waals surface area contributed by atoms with Crippen molar-refractivity contribution in [3.8, 4) is 11.8 Å². The first kappa shape index (κ1) is 22.7. The number of benzene rings is 3. The van der Waals surface area contributed by atoms with E-state index in [1.54, 1.807) is 24.3 Å². The molecule has 1 fully saturated rings. The Morgan fingerprint density at radius 3 is 2.35 bits per heavy atom. The van der Waals surface area contributed by atoms with Crippen LogP contribution in [0.3, 0.4) is 0 Å². The zero-order valence-corrected chi connectivity index (χ0v) is 18.1. The lowest BCUT2D eigenvalue weighted by atomic mass is 10.1. The van der Waals surface area contributed by atoms with Crippen molar-refractivity contribution in [2.45, 2.75) is 19.0 Å². The highest BCUT2D eigenvalue weighted by molar-refractivity contribution is 6.23. The Balaban J connectivity index is 1.58. The molecule has 0 aliphatic carbocycles. The maximum Gasteiger partial charge on any atom is 0.261 e. The normalized spacial score (nSPS) is 15.2. The van der Waals surface area contributed by atoms with Crippen LogP contribution in [-0.4, -0.2) is 35.3 Å². The second-order valence-electron chi connectivity index (χ2n) is 7.70. The van der Waals surface area contributed by atoms with Gasteiger partial charge in [-0.2, -0.15) is 5.26 Å². The fraction of sp³-hybridized carbons (Fsp3) is 0.154. The summed E-state index contributed by atoms with van der Waals surface area (Å²) in [5.41, 5.74) is 1.32. The molecule has 1 unspecified atom stereocenters. The maximum atomic E-state index is 13.4. The minimum Gasteiger partial charge on any atom is -0.484 e. The quantitative estimate of drug-likeness (QED) is 0.507. The first-order chi connectivity index (χ1) is 16.5. The molecule has 0 aromatic heterocycles. The van der Waals surface area contributed by atoms with Gasteiger partial charge in [0.2, 0.25) is 5.91 Å². The second kappa shape index (κ2) is 9.96. The number of hydrogen-bond donors (Lipinski definition) is 0. The first-order valence-electron chi connectivity index (χ1n) is 10.5. The van der Waals surface area contributed by atoms with Crippen molar-refractivity contribution in [1.29, 1.82) is 5.26 Å². The lowest BCUT2D eigenvalue weighted by molar-refractivity contribution is -0.140. The van der Waals surface area contributed by atoms with E-state index in [2.05, 4.69) is 0 Å². The topological polar surface area (TPSA) is 90.7 Å². The molecule has 34 heavy (non-hydrogen) atoms. The highest BCUT2D eigenvalue weighted by Gasteiger charge is 2.44. The first-order valence-corrected chi connectivity index (χ1v) is 10.5. The second-order valence-corrected chi connectivity index (χ2v) is 7.70. The number of ether oxygens (including phenoxy) is 1. The summed E-state index contributed by atoms with van der Waals surface area (Å²) in [4.78, 5) is 41.5. The van der Waals surface area contributed by atoms with Crippen LogP contribution in [0.4, 0.5) is 10.1 Å². The summed E-state index contributed by atoms with van der Waals surface area (Å²) in [7, 11) is 0. The summed E-state index contributed by atoms with van der Waals surface area (Å²) in [6, 6.07) is 21.3. The summed E-state index contributed by atoms with van der Waals surface area (Å²) >= 11 is 0. The molecule has 1 atom stereocenters. The molecule has 1 saturated heterocycles. The van der Waals surface area contributed by atoms with Gasteiger partial charge in [-0.1, -0.05) is 30.3 Å². The Bertz CT molecular complexity index is 1240. The fourth-order valence-electron chi connectivity index (χ4n) is 3.72. The number of carbonyl (C=O) groups is 3. The molecule has 1 aliphatic rings. The molecular formula is C26H20FN3O4. The van der Waals surface area contributed by atoms with E-state index in [-0.39, 0.29) is 19.6 Å². The van der Waals surface area contributed by atoms with E-state index in [1.165, 1.54) is 53.4 Å². The van der Waals surface area contributed by atoms with Crippen LogP contribution in [0.1, 0.15) is 17.5 Å². The van der Waals surface area contributed by atoms with E-state index in [0.717, 1.165) is 4.90 Å². The molecule has 8 heteroatoms. The molecule has 3 amide bonds. The number of nitrogens with zero attached hydrogens (tertiary/aromatic N) is 3. The van der Waals surface area contributed by atoms with Crippen LogP contribution in [0.2, 0.25) is 0 Å². The maximum absolute atomic E-state index is 13.4. The largest absolute Gasteiger partial charge is 0.484 e. The number of hydrogen-bond acceptors (Lipinski definition) is 5. The number of halogens is 1. The van der Waals surface area contributed by atoms with Crippen LogP contribution >= 0.6 is 0 Å². The van der Waals surface area contributed by atoms with E-state index in [0.29, 0.717) is 22.6 Å². The number of nitriles is 1. The van der Waals surface area contributed by atoms with Gasteiger partial charge in [-0.15, -0.1) is 0 Å². The Morgan fingerprint density at radius 2 is 1.71 bits per heavy atom. The third-order valence-corrected chi connectivity index (χ3v) is 5.45. The predicted octanol–water partition coefficient (Wildman–Crippen LogP) is 3.44. The molecule has 3 aromatic carbocycles. The summed E-state index contributed by atoms with van der Waals surface area (Å²) in [6.07, 6.45) is -0.197. The van der Waals surface area contributed by atoms with Gasteiger partial charge in [-0.25, -0.2) is 9.29 Å². The fourth-order valence-corrected chi connectivity index (χ4v) is 3.72. The smallest absolute Gasteiger partial charge is 0.261 e. The zero-order valence-electron chi connectivity index (χ0n) is 18.1. The van der Waals surface area contributed by atoms with Crippen molar-refractivity contribution in [2.24, 2.45) is 0 Å². The highest BCUT2D eigenvalue weighted by atomic mass is 19.1. The summed E-state index contributed by atoms with van der Waals surface area (Å²) in [6.45, 7) is -0.331. The Labute approximate surface area is 195 Å². The molecule has 0 bridgehead atoms. The van der Waals surface area contributed by atoms with Gasteiger partial charge in [-0.05, 0) is 54.1 Å². The van der Waals surface area contributed by atoms with Crippen LogP contribution in [-0.2, 0) is 20.9 Å². The van der Waals surface area contributed by atoms with Crippen LogP contribution < -0.4 is 9.64 Å². The molecule has 0 saturated carbocycles. The van der Waals surface area contributed by atoms with Crippen molar-refractivity contribution in [3.05, 3.63) is 95.8 Å². The van der Waals surface area contributed by atoms with Crippen molar-refractivity contribution >= 4 is 23.4 Å². The summed E-state index contributed by atoms with van der Waals surface area (Å²) in [5.74, 6) is -1.43. The monoisotopic (exact) mass is 457 g/mol. The minimum absolute atomic E-state index is 0.00214. The predicted molar refractivity (Wildman–Crippen MR) is 121 cm³/mol. The molecule has 0 spiro atoms. The molecule has 4 rings (SSSR count). The van der Waals surface area contributed by atoms with E-state index in [1.807, 2.05) is 12.1 Å². The van der Waals surface area contributed by atoms with Gasteiger partial charge in [0.25, 0.3) is 11.8 Å². The molecular weight excluding hydrogens is 437 g/mol. The van der Waals surface area contributed by atoms with Crippen molar-refractivity contribution in [3.63, 3.8) is 0 Å². The van der Waals surface area contributed by atoms with Gasteiger partial charge in [0.05, 0.1) is 23.7 Å². The summed E-state index contributed by atoms with van der Waals surface area (Å²) < 4.78 is 18.9. The summed E-state index contributed by atoms with van der Waals surface area (Å²) in [5, 5.41) is 8.99. The number of anilines is 1. The van der Waals surface area contributed by atoms with E-state index in [4.69, 9.17) is 10.00 Å². The highest BCUT2D eigenvalue weighted by Crippen LogP contribution is 2.27. The number of carbonyl (C=O) groups excluding carboxylic acids is 3. The average Bonchev–Trinajstić information content (AvgIpc) is 3.16. The molecule has 1 heterocycles. The average molecular weight is 457 g/mol. The molecule has 170 valence electrons. The molecule has 1 aliphatic heterocycles. The van der Waals surface area contributed by atoms with Gasteiger partial charge >= 0.3 is 0 Å². The zero-order chi connectivity index (χ0) is 24.1. The van der Waals surface area contributed by atoms with E-state index in [9.17, 15) is 18.8 Å². The molecule has 7 nitrogen and oxygen atoms in total. The van der Waals surface area contributed by atoms with Crippen LogP contribution in [0.25, 0.3) is 0 Å². The van der Waals surface area contributed by atoms with E-state index < -0.39 is 29.6 Å². The number of imide groups is 1. The van der Waals surface area contributed by atoms with Crippen LogP contribution in [0.15, 0.2) is 78.9 Å². The lowest BCUT2D eigenvalue weighted by Crippen LogP contribution is -2.46. The number of para-hydroxylation sites is 1. The van der Waals surface area contributed by atoms with Crippen molar-refractivity contribution < 1.29 is 23.5 Å². The van der Waals surface area contributed by atoms with Gasteiger partial charge in [-0.3, -0.25) is 14.4 Å². The van der Waals surface area contributed by atoms with Gasteiger partial charge in [0, 0.05) is 6.54 Å².